The Balaban J connectivity index is 2.04. The van der Waals surface area contributed by atoms with Gasteiger partial charge < -0.3 is 10.6 Å². The van der Waals surface area contributed by atoms with Crippen LogP contribution in [0.1, 0.15) is 23.2 Å². The molecule has 0 atom stereocenters. The van der Waals surface area contributed by atoms with Crippen LogP contribution in [0.15, 0.2) is 30.3 Å². The van der Waals surface area contributed by atoms with Crippen molar-refractivity contribution in [1.29, 1.82) is 0 Å². The Kier molecular flexibility index (Phi) is 3.40. The lowest BCUT2D eigenvalue weighted by Gasteiger charge is -2.22. The number of anilines is 2. The zero-order valence-corrected chi connectivity index (χ0v) is 11.6. The first-order valence-corrected chi connectivity index (χ1v) is 6.90. The molecule has 104 valence electrons. The molecule has 20 heavy (non-hydrogen) atoms. The summed E-state index contributed by atoms with van der Waals surface area (Å²) in [6.07, 6.45) is 3.25. The lowest BCUT2D eigenvalue weighted by atomic mass is 10.1. The molecule has 0 saturated carbocycles. The Bertz CT molecular complexity index is 640. The predicted octanol–water partition coefficient (Wildman–Crippen LogP) is 2.94. The van der Waals surface area contributed by atoms with Crippen molar-refractivity contribution in [3.63, 3.8) is 0 Å². The summed E-state index contributed by atoms with van der Waals surface area (Å²) >= 11 is 0. The summed E-state index contributed by atoms with van der Waals surface area (Å²) in [5.41, 5.74) is 10.1. The molecule has 0 aliphatic heterocycles. The summed E-state index contributed by atoms with van der Waals surface area (Å²) in [6.45, 7) is 0.440. The Morgan fingerprint density at radius 2 is 2.15 bits per heavy atom. The number of fused-ring (bicyclic) bond motifs is 1. The molecular formula is C16H18FN3. The van der Waals surface area contributed by atoms with E-state index in [1.54, 1.807) is 6.07 Å². The van der Waals surface area contributed by atoms with Gasteiger partial charge in [-0.1, -0.05) is 6.07 Å². The van der Waals surface area contributed by atoms with E-state index in [-0.39, 0.29) is 5.82 Å². The average molecular weight is 271 g/mol. The Morgan fingerprint density at radius 3 is 2.90 bits per heavy atom. The summed E-state index contributed by atoms with van der Waals surface area (Å²) in [5, 5.41) is 0. The fraction of sp³-hybridized carbons (Fsp3) is 0.312. The van der Waals surface area contributed by atoms with E-state index in [0.29, 0.717) is 6.54 Å². The molecule has 2 aromatic rings. The van der Waals surface area contributed by atoms with Crippen molar-refractivity contribution < 1.29 is 4.39 Å². The number of nitrogens with two attached hydrogens (primary N) is 1. The van der Waals surface area contributed by atoms with E-state index in [2.05, 4.69) is 6.07 Å². The third kappa shape index (κ3) is 2.27. The van der Waals surface area contributed by atoms with Crippen LogP contribution in [0.2, 0.25) is 0 Å². The molecule has 1 aliphatic rings. The molecule has 2 N–H and O–H groups in total. The fourth-order valence-electron chi connectivity index (χ4n) is 2.76. The van der Waals surface area contributed by atoms with Crippen molar-refractivity contribution in [2.24, 2.45) is 5.73 Å². The summed E-state index contributed by atoms with van der Waals surface area (Å²) < 4.78 is 13.4. The summed E-state index contributed by atoms with van der Waals surface area (Å²) in [5.74, 6) is 0.587. The highest BCUT2D eigenvalue weighted by atomic mass is 19.1. The third-order valence-corrected chi connectivity index (χ3v) is 3.84. The molecule has 4 heteroatoms. The van der Waals surface area contributed by atoms with Crippen LogP contribution in [0.4, 0.5) is 15.9 Å². The van der Waals surface area contributed by atoms with Crippen molar-refractivity contribution in [3.05, 3.63) is 53.0 Å². The van der Waals surface area contributed by atoms with E-state index in [1.165, 1.54) is 17.7 Å². The highest BCUT2D eigenvalue weighted by Gasteiger charge is 2.18. The van der Waals surface area contributed by atoms with Gasteiger partial charge in [0.05, 0.1) is 0 Å². The summed E-state index contributed by atoms with van der Waals surface area (Å²) in [4.78, 5) is 6.66. The number of halogens is 1. The predicted molar refractivity (Wildman–Crippen MR) is 78.6 cm³/mol. The average Bonchev–Trinajstić information content (AvgIpc) is 2.92. The molecular weight excluding hydrogens is 253 g/mol. The van der Waals surface area contributed by atoms with Gasteiger partial charge in [-0.25, -0.2) is 9.37 Å². The van der Waals surface area contributed by atoms with Gasteiger partial charge in [-0.2, -0.15) is 0 Å². The van der Waals surface area contributed by atoms with Gasteiger partial charge in [0.1, 0.15) is 11.6 Å². The Labute approximate surface area is 118 Å². The molecule has 0 amide bonds. The van der Waals surface area contributed by atoms with Crippen LogP contribution >= 0.6 is 0 Å². The standard InChI is InChI=1S/C16H18FN3/c1-20(14-6-3-5-13(17)9-14)16-12(10-18)8-11-4-2-7-15(11)19-16/h3,5-6,8-9H,2,4,7,10,18H2,1H3. The number of benzene rings is 1. The molecule has 0 radical (unpaired) electrons. The van der Waals surface area contributed by atoms with Gasteiger partial charge in [-0.3, -0.25) is 0 Å². The maximum atomic E-state index is 13.4. The van der Waals surface area contributed by atoms with E-state index in [1.807, 2.05) is 18.0 Å². The van der Waals surface area contributed by atoms with Crippen molar-refractivity contribution in [2.75, 3.05) is 11.9 Å². The van der Waals surface area contributed by atoms with Gasteiger partial charge >= 0.3 is 0 Å². The van der Waals surface area contributed by atoms with Crippen LogP contribution in [0.25, 0.3) is 0 Å². The smallest absolute Gasteiger partial charge is 0.137 e. The number of aromatic nitrogens is 1. The normalized spacial score (nSPS) is 13.3. The Hall–Kier alpha value is -1.94. The molecule has 0 spiro atoms. The fourth-order valence-corrected chi connectivity index (χ4v) is 2.76. The molecule has 1 heterocycles. The third-order valence-electron chi connectivity index (χ3n) is 3.84. The minimum Gasteiger partial charge on any atom is -0.329 e. The van der Waals surface area contributed by atoms with Crippen LogP contribution in [0, 0.1) is 5.82 Å². The quantitative estimate of drug-likeness (QED) is 0.933. The van der Waals surface area contributed by atoms with E-state index < -0.39 is 0 Å². The van der Waals surface area contributed by atoms with Crippen LogP contribution < -0.4 is 10.6 Å². The molecule has 3 nitrogen and oxygen atoms in total. The maximum Gasteiger partial charge on any atom is 0.137 e. The molecule has 1 aromatic carbocycles. The number of pyridine rings is 1. The molecule has 0 saturated heterocycles. The van der Waals surface area contributed by atoms with E-state index in [9.17, 15) is 4.39 Å². The van der Waals surface area contributed by atoms with Crippen LogP contribution in [0.3, 0.4) is 0 Å². The highest BCUT2D eigenvalue weighted by molar-refractivity contribution is 5.63. The van der Waals surface area contributed by atoms with E-state index >= 15 is 0 Å². The maximum absolute atomic E-state index is 13.4. The minimum atomic E-state index is -0.246. The number of aryl methyl sites for hydroxylation is 2. The molecule has 0 bridgehead atoms. The second kappa shape index (κ2) is 5.21. The van der Waals surface area contributed by atoms with Gasteiger partial charge in [0.15, 0.2) is 0 Å². The van der Waals surface area contributed by atoms with Gasteiger partial charge in [-0.05, 0) is 49.1 Å². The minimum absolute atomic E-state index is 0.246. The number of nitrogens with zero attached hydrogens (tertiary/aromatic N) is 2. The largest absolute Gasteiger partial charge is 0.329 e. The van der Waals surface area contributed by atoms with Crippen LogP contribution in [0.5, 0.6) is 0 Å². The molecule has 0 unspecified atom stereocenters. The van der Waals surface area contributed by atoms with Crippen molar-refractivity contribution in [1.82, 2.24) is 4.98 Å². The molecule has 3 rings (SSSR count). The van der Waals surface area contributed by atoms with Crippen LogP contribution in [-0.2, 0) is 19.4 Å². The molecule has 1 aliphatic carbocycles. The monoisotopic (exact) mass is 271 g/mol. The van der Waals surface area contributed by atoms with E-state index in [0.717, 1.165) is 42.0 Å². The zero-order chi connectivity index (χ0) is 14.1. The van der Waals surface area contributed by atoms with Crippen molar-refractivity contribution in [3.8, 4) is 0 Å². The first-order chi connectivity index (χ1) is 9.69. The lowest BCUT2D eigenvalue weighted by Crippen LogP contribution is -2.16. The van der Waals surface area contributed by atoms with Gasteiger partial charge in [-0.15, -0.1) is 0 Å². The topological polar surface area (TPSA) is 42.2 Å². The van der Waals surface area contributed by atoms with Gasteiger partial charge in [0.25, 0.3) is 0 Å². The summed E-state index contributed by atoms with van der Waals surface area (Å²) in [7, 11) is 1.90. The highest BCUT2D eigenvalue weighted by Crippen LogP contribution is 2.30. The first-order valence-electron chi connectivity index (χ1n) is 6.90. The number of hydrogen-bond donors (Lipinski definition) is 1. The van der Waals surface area contributed by atoms with E-state index in [4.69, 9.17) is 10.7 Å². The summed E-state index contributed by atoms with van der Waals surface area (Å²) in [6, 6.07) is 8.68. The Morgan fingerprint density at radius 1 is 1.30 bits per heavy atom. The van der Waals surface area contributed by atoms with Crippen molar-refractivity contribution >= 4 is 11.5 Å². The van der Waals surface area contributed by atoms with Crippen molar-refractivity contribution in [2.45, 2.75) is 25.8 Å². The molecule has 1 aromatic heterocycles. The van der Waals surface area contributed by atoms with Crippen LogP contribution in [-0.4, -0.2) is 12.0 Å². The zero-order valence-electron chi connectivity index (χ0n) is 11.6. The number of rotatable bonds is 3. The second-order valence-corrected chi connectivity index (χ2v) is 5.17. The molecule has 0 fully saturated rings. The second-order valence-electron chi connectivity index (χ2n) is 5.17. The number of hydrogen-bond acceptors (Lipinski definition) is 3. The van der Waals surface area contributed by atoms with Gasteiger partial charge in [0.2, 0.25) is 0 Å². The first kappa shape index (κ1) is 13.1. The SMILES string of the molecule is CN(c1cccc(F)c1)c1nc2c(cc1CN)CCC2. The lowest BCUT2D eigenvalue weighted by molar-refractivity contribution is 0.628. The van der Waals surface area contributed by atoms with Gasteiger partial charge in [0, 0.05) is 30.5 Å².